The maximum absolute atomic E-state index is 13.1. The predicted molar refractivity (Wildman–Crippen MR) is 116 cm³/mol. The lowest BCUT2D eigenvalue weighted by molar-refractivity contribution is 0.184. The number of nitrogens with zero attached hydrogens (tertiary/aromatic N) is 1. The van der Waals surface area contributed by atoms with Crippen LogP contribution in [0.1, 0.15) is 22.3 Å². The van der Waals surface area contributed by atoms with Crippen molar-refractivity contribution >= 4 is 29.9 Å². The number of benzene rings is 2. The van der Waals surface area contributed by atoms with Crippen molar-refractivity contribution in [1.82, 2.24) is 10.6 Å². The normalized spacial score (nSPS) is 11.0. The lowest BCUT2D eigenvalue weighted by atomic mass is 10.1. The Bertz CT molecular complexity index is 722. The number of hydrogen-bond acceptors (Lipinski definition) is 2. The quantitative estimate of drug-likeness (QED) is 0.367. The Morgan fingerprint density at radius 2 is 1.81 bits per heavy atom. The van der Waals surface area contributed by atoms with Gasteiger partial charge in [0.2, 0.25) is 0 Å². The van der Waals surface area contributed by atoms with Gasteiger partial charge < -0.3 is 15.4 Å². The average Bonchev–Trinajstić information content (AvgIpc) is 2.61. The lowest BCUT2D eigenvalue weighted by Crippen LogP contribution is -2.38. The summed E-state index contributed by atoms with van der Waals surface area (Å²) in [6.45, 7) is 3.92. The van der Waals surface area contributed by atoms with Gasteiger partial charge in [-0.2, -0.15) is 0 Å². The third-order valence-corrected chi connectivity index (χ3v) is 4.08. The zero-order valence-electron chi connectivity index (χ0n) is 15.5. The van der Waals surface area contributed by atoms with Crippen LogP contribution in [0, 0.1) is 12.7 Å². The van der Waals surface area contributed by atoms with E-state index in [1.165, 1.54) is 11.6 Å². The molecule has 0 amide bonds. The van der Waals surface area contributed by atoms with Crippen LogP contribution in [0.5, 0.6) is 0 Å². The largest absolute Gasteiger partial charge is 0.380 e. The van der Waals surface area contributed by atoms with Gasteiger partial charge in [-0.05, 0) is 47.7 Å². The Morgan fingerprint density at radius 1 is 1.08 bits per heavy atom. The molecule has 2 aromatic rings. The van der Waals surface area contributed by atoms with E-state index in [1.807, 2.05) is 25.1 Å². The van der Waals surface area contributed by atoms with E-state index in [-0.39, 0.29) is 29.8 Å². The summed E-state index contributed by atoms with van der Waals surface area (Å²) in [7, 11) is 3.45. The molecule has 0 aliphatic heterocycles. The van der Waals surface area contributed by atoms with E-state index >= 15 is 0 Å². The van der Waals surface area contributed by atoms with Gasteiger partial charge in [-0.25, -0.2) is 4.39 Å². The molecule has 2 N–H and O–H groups in total. The highest BCUT2D eigenvalue weighted by Gasteiger charge is 2.04. The van der Waals surface area contributed by atoms with Gasteiger partial charge in [0.1, 0.15) is 5.82 Å². The highest BCUT2D eigenvalue weighted by atomic mass is 127. The van der Waals surface area contributed by atoms with Crippen molar-refractivity contribution < 1.29 is 9.13 Å². The van der Waals surface area contributed by atoms with Gasteiger partial charge >= 0.3 is 0 Å². The predicted octanol–water partition coefficient (Wildman–Crippen LogP) is 3.81. The first-order valence-corrected chi connectivity index (χ1v) is 8.39. The third kappa shape index (κ3) is 6.92. The Kier molecular flexibility index (Phi) is 10.2. The van der Waals surface area contributed by atoms with Crippen LogP contribution < -0.4 is 10.6 Å². The van der Waals surface area contributed by atoms with Gasteiger partial charge in [0.25, 0.3) is 0 Å². The van der Waals surface area contributed by atoms with E-state index in [0.717, 1.165) is 35.6 Å². The maximum atomic E-state index is 13.1. The van der Waals surface area contributed by atoms with Crippen LogP contribution in [-0.2, 0) is 24.3 Å². The van der Waals surface area contributed by atoms with Crippen molar-refractivity contribution in [2.45, 2.75) is 26.5 Å². The molecular formula is C20H27FIN3O. The van der Waals surface area contributed by atoms with Gasteiger partial charge in [0, 0.05) is 27.2 Å². The molecule has 2 rings (SSSR count). The summed E-state index contributed by atoms with van der Waals surface area (Å²) >= 11 is 0. The number of aliphatic imine (C=N–C) groups is 1. The van der Waals surface area contributed by atoms with Crippen molar-refractivity contribution in [1.29, 1.82) is 0 Å². The number of methoxy groups -OCH3 is 1. The minimum atomic E-state index is -0.193. The molecule has 6 heteroatoms. The van der Waals surface area contributed by atoms with Crippen LogP contribution in [0.3, 0.4) is 0 Å². The number of rotatable bonds is 7. The van der Waals surface area contributed by atoms with Crippen LogP contribution >= 0.6 is 24.0 Å². The van der Waals surface area contributed by atoms with E-state index in [4.69, 9.17) is 4.74 Å². The second-order valence-electron chi connectivity index (χ2n) is 5.88. The molecule has 0 aromatic heterocycles. The highest BCUT2D eigenvalue weighted by molar-refractivity contribution is 14.0. The first-order chi connectivity index (χ1) is 12.1. The fraction of sp³-hybridized carbons (Fsp3) is 0.350. The second kappa shape index (κ2) is 11.9. The molecule has 0 radical (unpaired) electrons. The minimum absolute atomic E-state index is 0. The van der Waals surface area contributed by atoms with E-state index in [1.54, 1.807) is 20.2 Å². The number of aryl methyl sites for hydroxylation is 1. The summed E-state index contributed by atoms with van der Waals surface area (Å²) in [5.41, 5.74) is 4.45. The molecule has 0 fully saturated rings. The molecular weight excluding hydrogens is 444 g/mol. The molecule has 0 atom stereocenters. The molecule has 0 bridgehead atoms. The zero-order valence-corrected chi connectivity index (χ0v) is 17.8. The number of halogens is 2. The molecule has 0 unspecified atom stereocenters. The zero-order chi connectivity index (χ0) is 18.1. The van der Waals surface area contributed by atoms with Crippen molar-refractivity contribution in [3.05, 3.63) is 70.5 Å². The minimum Gasteiger partial charge on any atom is -0.380 e. The Hall–Kier alpha value is -1.67. The molecule has 0 aliphatic rings. The van der Waals surface area contributed by atoms with Crippen molar-refractivity contribution in [3.8, 4) is 0 Å². The molecule has 0 spiro atoms. The van der Waals surface area contributed by atoms with Gasteiger partial charge in [-0.15, -0.1) is 24.0 Å². The fourth-order valence-electron chi connectivity index (χ4n) is 2.68. The molecule has 0 saturated carbocycles. The molecule has 0 heterocycles. The summed E-state index contributed by atoms with van der Waals surface area (Å²) in [4.78, 5) is 4.25. The average molecular weight is 471 g/mol. The topological polar surface area (TPSA) is 45.7 Å². The first kappa shape index (κ1) is 22.4. The maximum Gasteiger partial charge on any atom is 0.191 e. The van der Waals surface area contributed by atoms with Gasteiger partial charge in [0.15, 0.2) is 5.96 Å². The van der Waals surface area contributed by atoms with E-state index < -0.39 is 0 Å². The van der Waals surface area contributed by atoms with Gasteiger partial charge in [-0.3, -0.25) is 4.99 Å². The summed E-state index contributed by atoms with van der Waals surface area (Å²) in [6, 6.07) is 13.1. The molecule has 0 aliphatic carbocycles. The third-order valence-electron chi connectivity index (χ3n) is 4.08. The van der Waals surface area contributed by atoms with Crippen LogP contribution in [0.15, 0.2) is 47.5 Å². The smallest absolute Gasteiger partial charge is 0.191 e. The Morgan fingerprint density at radius 3 is 2.46 bits per heavy atom. The Labute approximate surface area is 172 Å². The molecule has 4 nitrogen and oxygen atoms in total. The van der Waals surface area contributed by atoms with E-state index in [9.17, 15) is 4.39 Å². The van der Waals surface area contributed by atoms with E-state index in [2.05, 4.69) is 27.8 Å². The van der Waals surface area contributed by atoms with Gasteiger partial charge in [0.05, 0.1) is 6.61 Å². The number of hydrogen-bond donors (Lipinski definition) is 2. The van der Waals surface area contributed by atoms with Crippen LogP contribution in [0.25, 0.3) is 0 Å². The van der Waals surface area contributed by atoms with Crippen molar-refractivity contribution in [3.63, 3.8) is 0 Å². The first-order valence-electron chi connectivity index (χ1n) is 8.39. The number of nitrogens with one attached hydrogen (secondary N) is 2. The van der Waals surface area contributed by atoms with Crippen LogP contribution in [0.4, 0.5) is 4.39 Å². The Balaban J connectivity index is 0.00000338. The summed E-state index contributed by atoms with van der Waals surface area (Å²) in [5.74, 6) is 0.549. The summed E-state index contributed by atoms with van der Waals surface area (Å²) < 4.78 is 18.4. The second-order valence-corrected chi connectivity index (χ2v) is 5.88. The standard InChI is InChI=1S/C20H26FN3O.HI/c1-15-12-19(21)9-8-16(15)10-11-23-20(22-2)24-13-17-6-4-5-7-18(17)14-25-3;/h4-9,12H,10-11,13-14H2,1-3H3,(H2,22,23,24);1H. The molecule has 142 valence electrons. The van der Waals surface area contributed by atoms with Crippen LogP contribution in [-0.4, -0.2) is 26.7 Å². The fourth-order valence-corrected chi connectivity index (χ4v) is 2.68. The van der Waals surface area contributed by atoms with Crippen LogP contribution in [0.2, 0.25) is 0 Å². The number of ether oxygens (including phenoxy) is 1. The SMILES string of the molecule is CN=C(NCCc1ccc(F)cc1C)NCc1ccccc1COC.I. The van der Waals surface area contributed by atoms with Crippen molar-refractivity contribution in [2.75, 3.05) is 20.7 Å². The van der Waals surface area contributed by atoms with E-state index in [0.29, 0.717) is 13.2 Å². The summed E-state index contributed by atoms with van der Waals surface area (Å²) in [6.07, 6.45) is 0.813. The number of guanidine groups is 1. The highest BCUT2D eigenvalue weighted by Crippen LogP contribution is 2.11. The summed E-state index contributed by atoms with van der Waals surface area (Å²) in [5, 5.41) is 6.61. The molecule has 2 aromatic carbocycles. The lowest BCUT2D eigenvalue weighted by Gasteiger charge is -2.14. The molecule has 26 heavy (non-hydrogen) atoms. The monoisotopic (exact) mass is 471 g/mol. The van der Waals surface area contributed by atoms with Crippen molar-refractivity contribution in [2.24, 2.45) is 4.99 Å². The van der Waals surface area contributed by atoms with Gasteiger partial charge in [-0.1, -0.05) is 30.3 Å². The molecule has 0 saturated heterocycles.